The Bertz CT molecular complexity index is 733. The van der Waals surface area contributed by atoms with Gasteiger partial charge in [0.25, 0.3) is 11.5 Å². The molecule has 19 heavy (non-hydrogen) atoms. The summed E-state index contributed by atoms with van der Waals surface area (Å²) in [6.45, 7) is 0. The zero-order valence-electron chi connectivity index (χ0n) is 9.16. The van der Waals surface area contributed by atoms with Gasteiger partial charge < -0.3 is 5.32 Å². The smallest absolute Gasteiger partial charge is 0.320 e. The molecule has 2 rings (SSSR count). The summed E-state index contributed by atoms with van der Waals surface area (Å²) < 4.78 is 0. The lowest BCUT2D eigenvalue weighted by Gasteiger charge is -2.04. The van der Waals surface area contributed by atoms with E-state index < -0.39 is 22.9 Å². The third kappa shape index (κ3) is 3.21. The van der Waals surface area contributed by atoms with E-state index in [1.165, 1.54) is 18.2 Å². The fourth-order valence-corrected chi connectivity index (χ4v) is 1.84. The Kier molecular flexibility index (Phi) is 3.68. The number of rotatable bonds is 2. The van der Waals surface area contributed by atoms with Crippen LogP contribution < -0.4 is 16.6 Å². The molecule has 2 aromatic rings. The molecule has 1 aromatic heterocycles. The molecule has 0 atom stereocenters. The molecular formula is C10H6Cl2N4O3. The van der Waals surface area contributed by atoms with Crippen LogP contribution in [0.5, 0.6) is 0 Å². The lowest BCUT2D eigenvalue weighted by atomic mass is 10.3. The van der Waals surface area contributed by atoms with Crippen LogP contribution in [0.3, 0.4) is 0 Å². The molecule has 1 aromatic carbocycles. The quantitative estimate of drug-likeness (QED) is 0.769. The van der Waals surface area contributed by atoms with Crippen LogP contribution in [0.15, 0.2) is 27.8 Å². The Balaban J connectivity index is 2.30. The van der Waals surface area contributed by atoms with Gasteiger partial charge in [0.2, 0.25) is 5.69 Å². The van der Waals surface area contributed by atoms with Crippen LogP contribution in [-0.4, -0.2) is 21.1 Å². The predicted molar refractivity (Wildman–Crippen MR) is 69.9 cm³/mol. The molecule has 0 radical (unpaired) electrons. The molecule has 0 saturated heterocycles. The first-order chi connectivity index (χ1) is 8.95. The summed E-state index contributed by atoms with van der Waals surface area (Å²) in [5, 5.41) is 8.35. The Hall–Kier alpha value is -2.12. The molecule has 98 valence electrons. The summed E-state index contributed by atoms with van der Waals surface area (Å²) in [6, 6.07) is 4.39. The topological polar surface area (TPSA) is 108 Å². The fraction of sp³-hybridized carbons (Fsp3) is 0. The molecular weight excluding hydrogens is 295 g/mol. The van der Waals surface area contributed by atoms with Crippen molar-refractivity contribution < 1.29 is 4.79 Å². The van der Waals surface area contributed by atoms with E-state index >= 15 is 0 Å². The van der Waals surface area contributed by atoms with Crippen LogP contribution in [0.1, 0.15) is 10.5 Å². The fourth-order valence-electron chi connectivity index (χ4n) is 1.32. The number of carbonyl (C=O) groups is 1. The number of anilines is 1. The Labute approximate surface area is 115 Å². The highest BCUT2D eigenvalue weighted by atomic mass is 35.5. The molecule has 0 aliphatic heterocycles. The molecule has 3 N–H and O–H groups in total. The first kappa shape index (κ1) is 13.3. The second-order valence-electron chi connectivity index (χ2n) is 3.47. The Morgan fingerprint density at radius 1 is 1.16 bits per heavy atom. The summed E-state index contributed by atoms with van der Waals surface area (Å²) in [4.78, 5) is 35.8. The Morgan fingerprint density at radius 3 is 2.37 bits per heavy atom. The summed E-state index contributed by atoms with van der Waals surface area (Å²) in [7, 11) is 0. The first-order valence-corrected chi connectivity index (χ1v) is 5.68. The molecule has 0 fully saturated rings. The average Bonchev–Trinajstić information content (AvgIpc) is 2.26. The highest BCUT2D eigenvalue weighted by Gasteiger charge is 2.13. The molecule has 7 nitrogen and oxygen atoms in total. The normalized spacial score (nSPS) is 10.2. The van der Waals surface area contributed by atoms with Gasteiger partial charge in [-0.1, -0.05) is 23.2 Å². The summed E-state index contributed by atoms with van der Waals surface area (Å²) >= 11 is 11.5. The van der Waals surface area contributed by atoms with Crippen molar-refractivity contribution in [3.8, 4) is 0 Å². The number of H-pyrrole nitrogens is 2. The lowest BCUT2D eigenvalue weighted by molar-refractivity contribution is 0.101. The average molecular weight is 301 g/mol. The van der Waals surface area contributed by atoms with Gasteiger partial charge in [-0.15, -0.1) is 0 Å². The molecule has 0 aliphatic rings. The SMILES string of the molecule is O=C(Nc1cc(Cl)cc(Cl)c1)c1n[nH]c(=O)[nH]c1=O. The number of halogens is 2. The molecule has 0 aliphatic carbocycles. The second kappa shape index (κ2) is 5.25. The van der Waals surface area contributed by atoms with Crippen molar-refractivity contribution in [2.45, 2.75) is 0 Å². The van der Waals surface area contributed by atoms with E-state index in [1.807, 2.05) is 10.1 Å². The van der Waals surface area contributed by atoms with Crippen molar-refractivity contribution in [3.63, 3.8) is 0 Å². The van der Waals surface area contributed by atoms with E-state index in [0.717, 1.165) is 0 Å². The van der Waals surface area contributed by atoms with E-state index in [-0.39, 0.29) is 0 Å². The van der Waals surface area contributed by atoms with Gasteiger partial charge in [-0.3, -0.25) is 14.6 Å². The maximum Gasteiger partial charge on any atom is 0.342 e. The molecule has 1 amide bonds. The molecule has 0 bridgehead atoms. The van der Waals surface area contributed by atoms with Gasteiger partial charge >= 0.3 is 5.69 Å². The maximum atomic E-state index is 11.8. The van der Waals surface area contributed by atoms with E-state index in [2.05, 4.69) is 10.4 Å². The first-order valence-electron chi connectivity index (χ1n) is 4.92. The van der Waals surface area contributed by atoms with Gasteiger partial charge in [0, 0.05) is 15.7 Å². The maximum absolute atomic E-state index is 11.8. The number of aromatic nitrogens is 3. The van der Waals surface area contributed by atoms with Gasteiger partial charge in [-0.25, -0.2) is 9.89 Å². The number of carbonyl (C=O) groups excluding carboxylic acids is 1. The standard InChI is InChI=1S/C10H6Cl2N4O3/c11-4-1-5(12)3-6(2-4)13-8(17)7-9(18)14-10(19)16-15-7/h1-3H,(H,13,17)(H2,14,16,18,19). The molecule has 0 unspecified atom stereocenters. The number of aromatic amines is 2. The summed E-state index contributed by atoms with van der Waals surface area (Å²) in [5.41, 5.74) is -1.87. The van der Waals surface area contributed by atoms with Gasteiger partial charge in [-0.2, -0.15) is 5.10 Å². The van der Waals surface area contributed by atoms with Crippen molar-refractivity contribution in [2.24, 2.45) is 0 Å². The lowest BCUT2D eigenvalue weighted by Crippen LogP contribution is -2.32. The minimum Gasteiger partial charge on any atom is -0.320 e. The number of benzene rings is 1. The van der Waals surface area contributed by atoms with Gasteiger partial charge in [-0.05, 0) is 18.2 Å². The number of amides is 1. The monoisotopic (exact) mass is 300 g/mol. The summed E-state index contributed by atoms with van der Waals surface area (Å²) in [5.74, 6) is -0.796. The number of nitrogens with zero attached hydrogens (tertiary/aromatic N) is 1. The molecule has 9 heteroatoms. The molecule has 1 heterocycles. The largest absolute Gasteiger partial charge is 0.342 e. The van der Waals surface area contributed by atoms with Crippen molar-refractivity contribution in [1.29, 1.82) is 0 Å². The van der Waals surface area contributed by atoms with Crippen LogP contribution in [-0.2, 0) is 0 Å². The highest BCUT2D eigenvalue weighted by Crippen LogP contribution is 2.22. The number of hydrogen-bond acceptors (Lipinski definition) is 4. The zero-order valence-corrected chi connectivity index (χ0v) is 10.7. The highest BCUT2D eigenvalue weighted by molar-refractivity contribution is 6.35. The van der Waals surface area contributed by atoms with Gasteiger partial charge in [0.15, 0.2) is 0 Å². The van der Waals surface area contributed by atoms with Gasteiger partial charge in [0.05, 0.1) is 0 Å². The Morgan fingerprint density at radius 2 is 1.79 bits per heavy atom. The third-order valence-corrected chi connectivity index (χ3v) is 2.48. The number of hydrogen-bond donors (Lipinski definition) is 3. The van der Waals surface area contributed by atoms with E-state index in [1.54, 1.807) is 0 Å². The second-order valence-corrected chi connectivity index (χ2v) is 4.34. The van der Waals surface area contributed by atoms with Crippen LogP contribution in [0.25, 0.3) is 0 Å². The molecule has 0 saturated carbocycles. The van der Waals surface area contributed by atoms with Crippen LogP contribution in [0, 0.1) is 0 Å². The van der Waals surface area contributed by atoms with E-state index in [0.29, 0.717) is 15.7 Å². The van der Waals surface area contributed by atoms with E-state index in [9.17, 15) is 14.4 Å². The van der Waals surface area contributed by atoms with Crippen LogP contribution >= 0.6 is 23.2 Å². The number of nitrogens with one attached hydrogen (secondary N) is 3. The molecule has 0 spiro atoms. The minimum absolute atomic E-state index is 0.301. The third-order valence-electron chi connectivity index (χ3n) is 2.05. The van der Waals surface area contributed by atoms with Crippen molar-refractivity contribution >= 4 is 34.8 Å². The van der Waals surface area contributed by atoms with Gasteiger partial charge in [0.1, 0.15) is 0 Å². The summed E-state index contributed by atoms with van der Waals surface area (Å²) in [6.07, 6.45) is 0. The van der Waals surface area contributed by atoms with Crippen molar-refractivity contribution in [3.05, 3.63) is 54.8 Å². The minimum atomic E-state index is -0.894. The van der Waals surface area contributed by atoms with Crippen molar-refractivity contribution in [2.75, 3.05) is 5.32 Å². The predicted octanol–water partition coefficient (Wildman–Crippen LogP) is 1.02. The van der Waals surface area contributed by atoms with Crippen LogP contribution in [0.4, 0.5) is 5.69 Å². The zero-order chi connectivity index (χ0) is 14.0. The van der Waals surface area contributed by atoms with E-state index in [4.69, 9.17) is 23.2 Å². The van der Waals surface area contributed by atoms with Crippen molar-refractivity contribution in [1.82, 2.24) is 15.2 Å². The van der Waals surface area contributed by atoms with Crippen LogP contribution in [0.2, 0.25) is 10.0 Å².